The van der Waals surface area contributed by atoms with Crippen LogP contribution in [0.2, 0.25) is 0 Å². The molecule has 1 aromatic carbocycles. The predicted molar refractivity (Wildman–Crippen MR) is 70.0 cm³/mol. The third-order valence-corrected chi connectivity index (χ3v) is 3.18. The van der Waals surface area contributed by atoms with Crippen molar-refractivity contribution in [3.05, 3.63) is 29.8 Å². The molecule has 6 nitrogen and oxygen atoms in total. The lowest BCUT2D eigenvalue weighted by Crippen LogP contribution is -2.32. The van der Waals surface area contributed by atoms with Crippen molar-refractivity contribution in [3.63, 3.8) is 0 Å². The van der Waals surface area contributed by atoms with Crippen LogP contribution in [0.1, 0.15) is 42.5 Å². The smallest absolute Gasteiger partial charge is 0.440 e. The topological polar surface area (TPSA) is 84.9 Å². The Morgan fingerprint density at radius 3 is 2.55 bits per heavy atom. The fourth-order valence-electron chi connectivity index (χ4n) is 2.15. The minimum absolute atomic E-state index is 0.0227. The van der Waals surface area contributed by atoms with Gasteiger partial charge >= 0.3 is 12.1 Å². The van der Waals surface area contributed by atoms with E-state index in [1.165, 1.54) is 12.1 Å². The van der Waals surface area contributed by atoms with E-state index in [4.69, 9.17) is 4.74 Å². The van der Waals surface area contributed by atoms with E-state index in [0.29, 0.717) is 0 Å². The number of carbonyl (C=O) groups is 2. The van der Waals surface area contributed by atoms with Gasteiger partial charge in [0.15, 0.2) is 0 Å². The molecule has 1 aliphatic rings. The van der Waals surface area contributed by atoms with Gasteiger partial charge in [0, 0.05) is 0 Å². The molecule has 108 valence electrons. The van der Waals surface area contributed by atoms with E-state index >= 15 is 0 Å². The van der Waals surface area contributed by atoms with Crippen molar-refractivity contribution in [2.24, 2.45) is 0 Å². The molecule has 0 bridgehead atoms. The molecule has 1 aromatic rings. The average molecular weight is 279 g/mol. The first-order valence-electron chi connectivity index (χ1n) is 6.62. The Kier molecular flexibility index (Phi) is 4.81. The second-order valence-electron chi connectivity index (χ2n) is 4.67. The van der Waals surface area contributed by atoms with Crippen molar-refractivity contribution in [1.29, 1.82) is 0 Å². The normalized spacial score (nSPS) is 15.4. The average Bonchev–Trinajstić information content (AvgIpc) is 2.46. The van der Waals surface area contributed by atoms with Gasteiger partial charge in [0.05, 0.1) is 0 Å². The summed E-state index contributed by atoms with van der Waals surface area (Å²) in [5.74, 6) is -1.05. The summed E-state index contributed by atoms with van der Waals surface area (Å²) in [4.78, 5) is 27.7. The minimum Gasteiger partial charge on any atom is -0.507 e. The van der Waals surface area contributed by atoms with E-state index in [9.17, 15) is 14.7 Å². The molecule has 0 heterocycles. The Balaban J connectivity index is 1.78. The lowest BCUT2D eigenvalue weighted by atomic mass is 9.98. The number of hydrogen-bond donors (Lipinski definition) is 2. The van der Waals surface area contributed by atoms with Gasteiger partial charge in [-0.2, -0.15) is 0 Å². The van der Waals surface area contributed by atoms with Crippen LogP contribution in [0.25, 0.3) is 0 Å². The Morgan fingerprint density at radius 2 is 1.85 bits per heavy atom. The van der Waals surface area contributed by atoms with Gasteiger partial charge in [-0.3, -0.25) is 0 Å². The van der Waals surface area contributed by atoms with Crippen LogP contribution < -0.4 is 5.48 Å². The van der Waals surface area contributed by atoms with Gasteiger partial charge in [-0.05, 0) is 37.8 Å². The van der Waals surface area contributed by atoms with E-state index in [2.05, 4.69) is 4.84 Å². The highest BCUT2D eigenvalue weighted by atomic mass is 16.7. The molecule has 1 aliphatic carbocycles. The zero-order valence-corrected chi connectivity index (χ0v) is 11.0. The maximum atomic E-state index is 11.6. The largest absolute Gasteiger partial charge is 0.507 e. The number of phenols is 1. The van der Waals surface area contributed by atoms with Gasteiger partial charge in [-0.25, -0.2) is 9.59 Å². The molecule has 0 atom stereocenters. The van der Waals surface area contributed by atoms with Crippen molar-refractivity contribution in [2.45, 2.75) is 38.2 Å². The molecule has 0 spiro atoms. The van der Waals surface area contributed by atoms with Crippen LogP contribution in [0.4, 0.5) is 4.79 Å². The predicted octanol–water partition coefficient (Wildman–Crippen LogP) is 2.52. The summed E-state index contributed by atoms with van der Waals surface area (Å²) < 4.78 is 5.12. The van der Waals surface area contributed by atoms with Crippen molar-refractivity contribution in [3.8, 4) is 5.75 Å². The number of amides is 1. The maximum Gasteiger partial charge on any atom is 0.440 e. The highest BCUT2D eigenvalue weighted by Crippen LogP contribution is 2.20. The molecule has 0 aromatic heterocycles. The zero-order chi connectivity index (χ0) is 14.4. The maximum absolute atomic E-state index is 11.6. The summed E-state index contributed by atoms with van der Waals surface area (Å²) in [5.41, 5.74) is 1.91. The van der Waals surface area contributed by atoms with Gasteiger partial charge in [0.25, 0.3) is 0 Å². The molecule has 2 rings (SSSR count). The standard InChI is InChI=1S/C14H17NO5/c16-12-9-5-4-8-11(12)13(17)20-15-14(18)19-10-6-2-1-3-7-10/h4-5,8-10,16H,1-3,6-7H2,(H,15,18). The number of nitrogens with one attached hydrogen (secondary N) is 1. The Labute approximate surface area is 116 Å². The molecule has 0 unspecified atom stereocenters. The van der Waals surface area contributed by atoms with Crippen molar-refractivity contribution < 1.29 is 24.3 Å². The quantitative estimate of drug-likeness (QED) is 0.812. The highest BCUT2D eigenvalue weighted by Gasteiger charge is 2.19. The Hall–Kier alpha value is -2.24. The molecular weight excluding hydrogens is 262 g/mol. The molecule has 0 aliphatic heterocycles. The summed E-state index contributed by atoms with van der Waals surface area (Å²) in [6.07, 6.45) is 3.99. The molecular formula is C14H17NO5. The lowest BCUT2D eigenvalue weighted by molar-refractivity contribution is 0.00784. The van der Waals surface area contributed by atoms with Crippen LogP contribution in [0.15, 0.2) is 24.3 Å². The van der Waals surface area contributed by atoms with E-state index in [1.807, 2.05) is 5.48 Å². The van der Waals surface area contributed by atoms with Gasteiger partial charge in [0.1, 0.15) is 17.4 Å². The second kappa shape index (κ2) is 6.79. The molecule has 6 heteroatoms. The molecule has 2 N–H and O–H groups in total. The number of para-hydroxylation sites is 1. The summed E-state index contributed by atoms with van der Waals surface area (Å²) >= 11 is 0. The first-order chi connectivity index (χ1) is 9.66. The SMILES string of the molecule is O=C(NOC(=O)c1ccccc1O)OC1CCCCC1. The fraction of sp³-hybridized carbons (Fsp3) is 0.429. The number of hydroxylamine groups is 1. The number of aromatic hydroxyl groups is 1. The summed E-state index contributed by atoms with van der Waals surface area (Å²) in [6, 6.07) is 5.91. The molecule has 0 radical (unpaired) electrons. The first kappa shape index (κ1) is 14.2. The number of hydrogen-bond acceptors (Lipinski definition) is 5. The van der Waals surface area contributed by atoms with E-state index < -0.39 is 12.1 Å². The van der Waals surface area contributed by atoms with Crippen LogP contribution in [-0.4, -0.2) is 23.3 Å². The zero-order valence-electron chi connectivity index (χ0n) is 11.0. The van der Waals surface area contributed by atoms with E-state index in [0.717, 1.165) is 32.1 Å². The van der Waals surface area contributed by atoms with Crippen LogP contribution in [0.5, 0.6) is 5.75 Å². The van der Waals surface area contributed by atoms with Crippen LogP contribution in [-0.2, 0) is 9.57 Å². The number of benzene rings is 1. The molecule has 20 heavy (non-hydrogen) atoms. The number of carbonyl (C=O) groups excluding carboxylic acids is 2. The molecule has 1 amide bonds. The monoisotopic (exact) mass is 279 g/mol. The minimum atomic E-state index is -0.844. The van der Waals surface area contributed by atoms with Crippen LogP contribution >= 0.6 is 0 Å². The summed E-state index contributed by atoms with van der Waals surface area (Å²) in [7, 11) is 0. The van der Waals surface area contributed by atoms with Gasteiger partial charge in [0.2, 0.25) is 0 Å². The molecule has 1 saturated carbocycles. The number of rotatable bonds is 2. The molecule has 0 saturated heterocycles. The van der Waals surface area contributed by atoms with E-state index in [1.54, 1.807) is 12.1 Å². The second-order valence-corrected chi connectivity index (χ2v) is 4.67. The number of ether oxygens (including phenoxy) is 1. The highest BCUT2D eigenvalue weighted by molar-refractivity contribution is 5.92. The molecule has 1 fully saturated rings. The first-order valence-corrected chi connectivity index (χ1v) is 6.62. The van der Waals surface area contributed by atoms with Crippen molar-refractivity contribution in [1.82, 2.24) is 5.48 Å². The van der Waals surface area contributed by atoms with Gasteiger partial charge in [-0.1, -0.05) is 18.6 Å². The summed E-state index contributed by atoms with van der Waals surface area (Å²) in [6.45, 7) is 0. The van der Waals surface area contributed by atoms with Gasteiger partial charge in [-0.15, -0.1) is 5.48 Å². The Bertz CT molecular complexity index is 482. The number of phenolic OH excluding ortho intramolecular Hbond substituents is 1. The Morgan fingerprint density at radius 1 is 1.15 bits per heavy atom. The lowest BCUT2D eigenvalue weighted by Gasteiger charge is -2.21. The van der Waals surface area contributed by atoms with Crippen molar-refractivity contribution in [2.75, 3.05) is 0 Å². The van der Waals surface area contributed by atoms with Gasteiger partial charge < -0.3 is 14.7 Å². The van der Waals surface area contributed by atoms with E-state index in [-0.39, 0.29) is 17.4 Å². The fourth-order valence-corrected chi connectivity index (χ4v) is 2.15. The third kappa shape index (κ3) is 3.88. The summed E-state index contributed by atoms with van der Waals surface area (Å²) in [5, 5.41) is 9.46. The van der Waals surface area contributed by atoms with Crippen LogP contribution in [0.3, 0.4) is 0 Å². The van der Waals surface area contributed by atoms with Crippen LogP contribution in [0, 0.1) is 0 Å². The third-order valence-electron chi connectivity index (χ3n) is 3.18. The van der Waals surface area contributed by atoms with Crippen molar-refractivity contribution >= 4 is 12.1 Å².